The van der Waals surface area contributed by atoms with Crippen LogP contribution in [0.5, 0.6) is 5.75 Å². The Balaban J connectivity index is 1.63. The third-order valence-corrected chi connectivity index (χ3v) is 7.73. The van der Waals surface area contributed by atoms with Gasteiger partial charge in [0.15, 0.2) is 5.78 Å². The lowest BCUT2D eigenvalue weighted by Crippen LogP contribution is -2.52. The Morgan fingerprint density at radius 2 is 1.76 bits per heavy atom. The average molecular weight is 439 g/mol. The molecule has 5 heteroatoms. The van der Waals surface area contributed by atoms with E-state index in [-0.39, 0.29) is 23.7 Å². The molecule has 2 saturated heterocycles. The van der Waals surface area contributed by atoms with Crippen LogP contribution < -0.4 is 10.1 Å². The Hall–Kier alpha value is -3.44. The monoisotopic (exact) mass is 438 g/mol. The maximum Gasteiger partial charge on any atom is 0.250 e. The van der Waals surface area contributed by atoms with E-state index in [2.05, 4.69) is 22.3 Å². The van der Waals surface area contributed by atoms with Gasteiger partial charge in [-0.15, -0.1) is 0 Å². The lowest BCUT2D eigenvalue weighted by Gasteiger charge is -2.37. The summed E-state index contributed by atoms with van der Waals surface area (Å²) >= 11 is 0. The van der Waals surface area contributed by atoms with Crippen molar-refractivity contribution < 1.29 is 14.3 Å². The highest BCUT2D eigenvalue weighted by molar-refractivity contribution is 6.12. The number of hydrogen-bond acceptors (Lipinski definition) is 4. The maximum absolute atomic E-state index is 14.3. The minimum Gasteiger partial charge on any atom is -0.497 e. The topological polar surface area (TPSA) is 58.6 Å². The molecule has 1 N–H and O–H groups in total. The van der Waals surface area contributed by atoms with Gasteiger partial charge in [-0.05, 0) is 43.1 Å². The van der Waals surface area contributed by atoms with Crippen molar-refractivity contribution in [1.82, 2.24) is 4.90 Å². The third kappa shape index (κ3) is 2.75. The van der Waals surface area contributed by atoms with E-state index < -0.39 is 11.5 Å². The van der Waals surface area contributed by atoms with E-state index in [0.29, 0.717) is 11.3 Å². The van der Waals surface area contributed by atoms with Crippen LogP contribution in [0.3, 0.4) is 0 Å². The van der Waals surface area contributed by atoms with Crippen molar-refractivity contribution in [3.63, 3.8) is 0 Å². The summed E-state index contributed by atoms with van der Waals surface area (Å²) in [6.45, 7) is 0.788. The summed E-state index contributed by atoms with van der Waals surface area (Å²) in [5, 5.41) is 3.11. The molecule has 3 heterocycles. The van der Waals surface area contributed by atoms with E-state index in [1.54, 1.807) is 7.11 Å². The van der Waals surface area contributed by atoms with E-state index in [1.165, 1.54) is 0 Å². The second kappa shape index (κ2) is 7.56. The number of methoxy groups -OCH3 is 1. The lowest BCUT2D eigenvalue weighted by molar-refractivity contribution is -0.127. The smallest absolute Gasteiger partial charge is 0.250 e. The fourth-order valence-electron chi connectivity index (χ4n) is 6.50. The van der Waals surface area contributed by atoms with Gasteiger partial charge < -0.3 is 10.1 Å². The fourth-order valence-corrected chi connectivity index (χ4v) is 6.50. The van der Waals surface area contributed by atoms with Gasteiger partial charge in [0.25, 0.3) is 0 Å². The van der Waals surface area contributed by atoms with E-state index in [1.807, 2.05) is 66.7 Å². The number of carbonyl (C=O) groups is 2. The first kappa shape index (κ1) is 20.2. The van der Waals surface area contributed by atoms with Crippen LogP contribution in [0.1, 0.15) is 40.2 Å². The molecule has 33 heavy (non-hydrogen) atoms. The van der Waals surface area contributed by atoms with Crippen LogP contribution in [-0.4, -0.2) is 36.3 Å². The number of ketones is 1. The summed E-state index contributed by atoms with van der Waals surface area (Å²) in [6, 6.07) is 25.5. The average Bonchev–Trinajstić information content (AvgIpc) is 3.52. The van der Waals surface area contributed by atoms with Gasteiger partial charge in [-0.25, -0.2) is 0 Å². The van der Waals surface area contributed by atoms with E-state index >= 15 is 0 Å². The summed E-state index contributed by atoms with van der Waals surface area (Å²) in [5.74, 6) is -0.0188. The van der Waals surface area contributed by atoms with Gasteiger partial charge in [0.1, 0.15) is 11.3 Å². The summed E-state index contributed by atoms with van der Waals surface area (Å²) in [5.41, 5.74) is 2.33. The fraction of sp³-hybridized carbons (Fsp3) is 0.286. The highest BCUT2D eigenvalue weighted by Gasteiger charge is 2.69. The molecule has 0 radical (unpaired) electrons. The Bertz CT molecular complexity index is 1230. The summed E-state index contributed by atoms with van der Waals surface area (Å²) in [4.78, 5) is 30.6. The molecule has 4 atom stereocenters. The van der Waals surface area contributed by atoms with Crippen molar-refractivity contribution in [1.29, 1.82) is 0 Å². The zero-order valence-corrected chi connectivity index (χ0v) is 18.5. The molecule has 3 aliphatic heterocycles. The molecule has 0 bridgehead atoms. The van der Waals surface area contributed by atoms with Gasteiger partial charge in [-0.1, -0.05) is 60.7 Å². The molecular formula is C28H26N2O3. The minimum absolute atomic E-state index is 0.0182. The van der Waals surface area contributed by atoms with E-state index in [0.717, 1.165) is 36.2 Å². The van der Waals surface area contributed by atoms with Gasteiger partial charge in [-0.3, -0.25) is 14.5 Å². The highest BCUT2D eigenvalue weighted by atomic mass is 16.5. The number of carbonyl (C=O) groups excluding carboxylic acids is 2. The van der Waals surface area contributed by atoms with Crippen molar-refractivity contribution in [3.8, 4) is 5.75 Å². The SMILES string of the molecule is COc1ccc2c(c1)[C@]1(C(=O)N2)[C@@H](C(=O)c2ccccc2)[C@@H](c2ccccc2)[C@H]2CCCN21. The molecule has 2 fully saturated rings. The van der Waals surface area contributed by atoms with Crippen molar-refractivity contribution in [2.75, 3.05) is 19.0 Å². The normalized spacial score (nSPS) is 27.9. The molecule has 3 aromatic rings. The molecule has 0 aliphatic carbocycles. The van der Waals surface area contributed by atoms with Crippen LogP contribution >= 0.6 is 0 Å². The number of rotatable bonds is 4. The first-order chi connectivity index (χ1) is 16.2. The molecular weight excluding hydrogens is 412 g/mol. The van der Waals surface area contributed by atoms with Crippen molar-refractivity contribution in [2.24, 2.45) is 5.92 Å². The highest BCUT2D eigenvalue weighted by Crippen LogP contribution is 2.61. The minimum atomic E-state index is -1.06. The second-order valence-corrected chi connectivity index (χ2v) is 9.18. The first-order valence-electron chi connectivity index (χ1n) is 11.6. The quantitative estimate of drug-likeness (QED) is 0.605. The number of amides is 1. The van der Waals surface area contributed by atoms with Crippen LogP contribution in [0.15, 0.2) is 78.9 Å². The Kier molecular flexibility index (Phi) is 4.63. The van der Waals surface area contributed by atoms with Gasteiger partial charge >= 0.3 is 0 Å². The summed E-state index contributed by atoms with van der Waals surface area (Å²) in [7, 11) is 1.63. The molecule has 1 amide bonds. The number of anilines is 1. The van der Waals surface area contributed by atoms with Gasteiger partial charge in [0.05, 0.1) is 13.0 Å². The largest absolute Gasteiger partial charge is 0.497 e. The van der Waals surface area contributed by atoms with Crippen LogP contribution in [0.4, 0.5) is 5.69 Å². The van der Waals surface area contributed by atoms with Crippen LogP contribution in [-0.2, 0) is 10.3 Å². The molecule has 166 valence electrons. The van der Waals surface area contributed by atoms with Crippen LogP contribution in [0, 0.1) is 5.92 Å². The molecule has 3 aromatic carbocycles. The Morgan fingerprint density at radius 1 is 1.03 bits per heavy atom. The summed E-state index contributed by atoms with van der Waals surface area (Å²) in [6.07, 6.45) is 1.97. The number of nitrogens with zero attached hydrogens (tertiary/aromatic N) is 1. The van der Waals surface area contributed by atoms with Crippen LogP contribution in [0.25, 0.3) is 0 Å². The molecule has 1 spiro atoms. The van der Waals surface area contributed by atoms with Crippen molar-refractivity contribution in [2.45, 2.75) is 30.3 Å². The first-order valence-corrected chi connectivity index (χ1v) is 11.6. The number of hydrogen-bond donors (Lipinski definition) is 1. The Labute approximate surface area is 193 Å². The van der Waals surface area contributed by atoms with Gasteiger partial charge in [-0.2, -0.15) is 0 Å². The predicted octanol–water partition coefficient (Wildman–Crippen LogP) is 4.60. The third-order valence-electron chi connectivity index (χ3n) is 7.73. The van der Waals surface area contributed by atoms with E-state index in [4.69, 9.17) is 4.74 Å². The maximum atomic E-state index is 14.3. The number of ether oxygens (including phenoxy) is 1. The molecule has 3 aliphatic rings. The van der Waals surface area contributed by atoms with Gasteiger partial charge in [0.2, 0.25) is 5.91 Å². The molecule has 6 rings (SSSR count). The van der Waals surface area contributed by atoms with E-state index in [9.17, 15) is 9.59 Å². The standard InChI is InChI=1S/C28H26N2O3/c1-33-20-14-15-22-21(17-20)28(27(32)29-22)25(26(31)19-11-6-3-7-12-19)24(18-9-4-2-5-10-18)23-13-8-16-30(23)28/h2-7,9-12,14-15,17,23-25H,8,13,16H2,1H3,(H,29,32)/t23-,24+,25-,28-/m1/s1. The number of nitrogens with one attached hydrogen (secondary N) is 1. The predicted molar refractivity (Wildman–Crippen MR) is 126 cm³/mol. The van der Waals surface area contributed by atoms with Crippen molar-refractivity contribution >= 4 is 17.4 Å². The molecule has 0 aromatic heterocycles. The Morgan fingerprint density at radius 3 is 2.48 bits per heavy atom. The zero-order chi connectivity index (χ0) is 22.6. The summed E-state index contributed by atoms with van der Waals surface area (Å²) < 4.78 is 5.54. The van der Waals surface area contributed by atoms with Gasteiger partial charge in [0, 0.05) is 28.8 Å². The molecule has 0 unspecified atom stereocenters. The number of Topliss-reactive ketones (excluding diaryl/α,β-unsaturated/α-hetero) is 1. The number of benzene rings is 3. The van der Waals surface area contributed by atoms with Crippen LogP contribution in [0.2, 0.25) is 0 Å². The van der Waals surface area contributed by atoms with Crippen molar-refractivity contribution in [3.05, 3.63) is 95.6 Å². The zero-order valence-electron chi connectivity index (χ0n) is 18.5. The second-order valence-electron chi connectivity index (χ2n) is 9.18. The number of fused-ring (bicyclic) bond motifs is 4. The lowest BCUT2D eigenvalue weighted by atomic mass is 9.69. The molecule has 0 saturated carbocycles. The molecule has 5 nitrogen and oxygen atoms in total.